The minimum absolute atomic E-state index is 0.0300. The van der Waals surface area contributed by atoms with Crippen molar-refractivity contribution in [3.63, 3.8) is 0 Å². The van der Waals surface area contributed by atoms with Crippen molar-refractivity contribution in [3.8, 4) is 0 Å². The summed E-state index contributed by atoms with van der Waals surface area (Å²) in [4.78, 5) is 8.87. The number of hydrogen-bond donors (Lipinski definition) is 1. The molecule has 0 amide bonds. The van der Waals surface area contributed by atoms with Crippen LogP contribution in [0.15, 0.2) is 30.7 Å². The van der Waals surface area contributed by atoms with Gasteiger partial charge < -0.3 is 5.32 Å². The lowest BCUT2D eigenvalue weighted by atomic mass is 9.96. The summed E-state index contributed by atoms with van der Waals surface area (Å²) in [5, 5.41) is 9.00. The van der Waals surface area contributed by atoms with Crippen LogP contribution >= 0.6 is 0 Å². The third kappa shape index (κ3) is 2.09. The molecule has 1 aromatic carbocycles. The van der Waals surface area contributed by atoms with Gasteiger partial charge in [0.2, 0.25) is 0 Å². The molecule has 3 heterocycles. The summed E-state index contributed by atoms with van der Waals surface area (Å²) in [5.74, 6) is -0.183. The number of anilines is 1. The van der Waals surface area contributed by atoms with Crippen LogP contribution in [0.3, 0.4) is 0 Å². The molecule has 1 aliphatic carbocycles. The van der Waals surface area contributed by atoms with E-state index in [0.29, 0.717) is 6.04 Å². The van der Waals surface area contributed by atoms with Gasteiger partial charge in [0.1, 0.15) is 12.1 Å². The number of nitrogens with one attached hydrogen (secondary N) is 1. The van der Waals surface area contributed by atoms with Crippen molar-refractivity contribution in [3.05, 3.63) is 47.8 Å². The van der Waals surface area contributed by atoms with E-state index in [1.807, 2.05) is 0 Å². The third-order valence-corrected chi connectivity index (χ3v) is 5.28. The van der Waals surface area contributed by atoms with Crippen molar-refractivity contribution in [2.45, 2.75) is 37.6 Å². The van der Waals surface area contributed by atoms with E-state index in [1.54, 1.807) is 18.5 Å². The Labute approximate surface area is 138 Å². The van der Waals surface area contributed by atoms with Crippen LogP contribution in [0.1, 0.15) is 48.9 Å². The molecule has 1 N–H and O–H groups in total. The Balaban J connectivity index is 1.62. The summed E-state index contributed by atoms with van der Waals surface area (Å²) in [5.41, 5.74) is 3.61. The molecule has 0 saturated heterocycles. The van der Waals surface area contributed by atoms with Crippen molar-refractivity contribution >= 4 is 16.7 Å². The molecule has 2 aromatic heterocycles. The van der Waals surface area contributed by atoms with Gasteiger partial charge in [0.05, 0.1) is 17.1 Å². The quantitative estimate of drug-likeness (QED) is 0.782. The summed E-state index contributed by atoms with van der Waals surface area (Å²) in [6.07, 6.45) is 8.53. The van der Waals surface area contributed by atoms with Crippen molar-refractivity contribution in [1.82, 2.24) is 19.7 Å². The maximum atomic E-state index is 13.7. The van der Waals surface area contributed by atoms with Gasteiger partial charge in [-0.3, -0.25) is 4.68 Å². The van der Waals surface area contributed by atoms with Crippen molar-refractivity contribution in [2.75, 3.05) is 11.9 Å². The molecule has 6 heteroatoms. The molecule has 2 aliphatic rings. The molecule has 1 unspecified atom stereocenters. The van der Waals surface area contributed by atoms with Crippen LogP contribution < -0.4 is 5.32 Å². The van der Waals surface area contributed by atoms with E-state index in [2.05, 4.69) is 31.3 Å². The first-order valence-electron chi connectivity index (χ1n) is 8.52. The van der Waals surface area contributed by atoms with Crippen LogP contribution in [0.5, 0.6) is 0 Å². The predicted octanol–water partition coefficient (Wildman–Crippen LogP) is 3.64. The van der Waals surface area contributed by atoms with Crippen molar-refractivity contribution in [2.24, 2.45) is 0 Å². The van der Waals surface area contributed by atoms with Gasteiger partial charge in [0.25, 0.3) is 0 Å². The maximum absolute atomic E-state index is 13.7. The first kappa shape index (κ1) is 13.9. The van der Waals surface area contributed by atoms with E-state index in [4.69, 9.17) is 0 Å². The zero-order valence-corrected chi connectivity index (χ0v) is 13.2. The Morgan fingerprint density at radius 2 is 2.04 bits per heavy atom. The molecular formula is C18H18FN5. The number of nitrogens with zero attached hydrogens (tertiary/aromatic N) is 4. The minimum atomic E-state index is -0.214. The number of rotatable bonds is 2. The highest BCUT2D eigenvalue weighted by Gasteiger charge is 2.28. The Morgan fingerprint density at radius 3 is 2.92 bits per heavy atom. The number of aromatic nitrogens is 4. The summed E-state index contributed by atoms with van der Waals surface area (Å²) >= 11 is 0. The summed E-state index contributed by atoms with van der Waals surface area (Å²) in [6.45, 7) is 0.722. The first-order chi connectivity index (χ1) is 11.8. The number of halogens is 1. The maximum Gasteiger partial charge on any atom is 0.184 e. The number of hydrogen-bond acceptors (Lipinski definition) is 4. The van der Waals surface area contributed by atoms with Crippen LogP contribution in [-0.2, 0) is 0 Å². The molecular weight excluding hydrogens is 305 g/mol. The molecule has 1 fully saturated rings. The van der Waals surface area contributed by atoms with E-state index in [1.165, 1.54) is 31.7 Å². The Hall–Kier alpha value is -2.50. The highest BCUT2D eigenvalue weighted by molar-refractivity contribution is 5.79. The van der Waals surface area contributed by atoms with E-state index in [0.717, 1.165) is 34.5 Å². The standard InChI is InChI=1S/C18H18FN5/c19-11-5-6-16-13(7-11)14(8-20-16)17-15-9-24(12-3-1-2-4-12)23-18(15)22-10-21-17/h5-7,9-10,12,14,20H,1-4,8H2. The van der Waals surface area contributed by atoms with Gasteiger partial charge in [-0.1, -0.05) is 12.8 Å². The fourth-order valence-electron chi connectivity index (χ4n) is 4.06. The van der Waals surface area contributed by atoms with Gasteiger partial charge in [-0.2, -0.15) is 5.10 Å². The zero-order valence-electron chi connectivity index (χ0n) is 13.2. The summed E-state index contributed by atoms with van der Waals surface area (Å²) < 4.78 is 15.8. The smallest absolute Gasteiger partial charge is 0.184 e. The molecule has 3 aromatic rings. The molecule has 0 radical (unpaired) electrons. The molecule has 1 atom stereocenters. The Bertz CT molecular complexity index is 913. The van der Waals surface area contributed by atoms with E-state index >= 15 is 0 Å². The zero-order chi connectivity index (χ0) is 16.1. The monoisotopic (exact) mass is 323 g/mol. The first-order valence-corrected chi connectivity index (χ1v) is 8.52. The molecule has 24 heavy (non-hydrogen) atoms. The SMILES string of the molecule is Fc1ccc2c(c1)C(c1ncnc3nn(C4CCCC4)cc13)CN2. The largest absolute Gasteiger partial charge is 0.384 e. The van der Waals surface area contributed by atoms with Gasteiger partial charge in [-0.15, -0.1) is 0 Å². The highest BCUT2D eigenvalue weighted by Crippen LogP contribution is 2.38. The van der Waals surface area contributed by atoms with Gasteiger partial charge >= 0.3 is 0 Å². The fraction of sp³-hybridized carbons (Fsp3) is 0.389. The highest BCUT2D eigenvalue weighted by atomic mass is 19.1. The lowest BCUT2D eigenvalue weighted by Gasteiger charge is -2.10. The second kappa shape index (κ2) is 5.26. The molecule has 122 valence electrons. The van der Waals surface area contributed by atoms with E-state index in [9.17, 15) is 4.39 Å². The van der Waals surface area contributed by atoms with Crippen molar-refractivity contribution < 1.29 is 4.39 Å². The molecule has 5 rings (SSSR count). The summed E-state index contributed by atoms with van der Waals surface area (Å²) in [6, 6.07) is 5.36. The fourth-order valence-corrected chi connectivity index (χ4v) is 4.06. The second-order valence-electron chi connectivity index (χ2n) is 6.71. The lowest BCUT2D eigenvalue weighted by molar-refractivity contribution is 0.470. The van der Waals surface area contributed by atoms with Crippen LogP contribution in [0.4, 0.5) is 10.1 Å². The molecule has 5 nitrogen and oxygen atoms in total. The average molecular weight is 323 g/mol. The average Bonchev–Trinajstić information content (AvgIpc) is 3.32. The van der Waals surface area contributed by atoms with E-state index < -0.39 is 0 Å². The number of benzene rings is 1. The van der Waals surface area contributed by atoms with Crippen LogP contribution in [0, 0.1) is 5.82 Å². The molecule has 0 bridgehead atoms. The summed E-state index contributed by atoms with van der Waals surface area (Å²) in [7, 11) is 0. The van der Waals surface area contributed by atoms with E-state index in [-0.39, 0.29) is 11.7 Å². The van der Waals surface area contributed by atoms with Crippen LogP contribution in [-0.4, -0.2) is 26.3 Å². The normalized spacial score (nSPS) is 20.5. The lowest BCUT2D eigenvalue weighted by Crippen LogP contribution is -2.07. The molecule has 0 spiro atoms. The predicted molar refractivity (Wildman–Crippen MR) is 89.6 cm³/mol. The second-order valence-corrected chi connectivity index (χ2v) is 6.71. The minimum Gasteiger partial charge on any atom is -0.384 e. The molecule has 1 saturated carbocycles. The molecule has 1 aliphatic heterocycles. The van der Waals surface area contributed by atoms with Gasteiger partial charge in [-0.25, -0.2) is 14.4 Å². The third-order valence-electron chi connectivity index (χ3n) is 5.28. The number of fused-ring (bicyclic) bond motifs is 2. The van der Waals surface area contributed by atoms with Gasteiger partial charge in [0.15, 0.2) is 5.65 Å². The van der Waals surface area contributed by atoms with Crippen LogP contribution in [0.25, 0.3) is 11.0 Å². The van der Waals surface area contributed by atoms with Crippen LogP contribution in [0.2, 0.25) is 0 Å². The Morgan fingerprint density at radius 1 is 1.17 bits per heavy atom. The topological polar surface area (TPSA) is 55.6 Å². The van der Waals surface area contributed by atoms with Gasteiger partial charge in [-0.05, 0) is 36.6 Å². The van der Waals surface area contributed by atoms with Gasteiger partial charge in [0, 0.05) is 24.3 Å². The van der Waals surface area contributed by atoms with Crippen molar-refractivity contribution in [1.29, 1.82) is 0 Å². The Kier molecular flexibility index (Phi) is 3.04.